The summed E-state index contributed by atoms with van der Waals surface area (Å²) in [6.07, 6.45) is 2.70. The van der Waals surface area contributed by atoms with E-state index in [9.17, 15) is 9.90 Å². The van der Waals surface area contributed by atoms with Gasteiger partial charge in [0.05, 0.1) is 6.61 Å². The molecule has 1 heterocycles. The number of carboxylic acids is 1. The summed E-state index contributed by atoms with van der Waals surface area (Å²) in [5.41, 5.74) is 0. The van der Waals surface area contributed by atoms with Gasteiger partial charge < -0.3 is 9.84 Å². The first kappa shape index (κ1) is 14.9. The number of ether oxygens (including phenoxy) is 1. The zero-order chi connectivity index (χ0) is 14.4. The summed E-state index contributed by atoms with van der Waals surface area (Å²) < 4.78 is 5.64. The van der Waals surface area contributed by atoms with Gasteiger partial charge in [-0.05, 0) is 43.9 Å². The lowest BCUT2D eigenvalue weighted by molar-refractivity contribution is -0.145. The lowest BCUT2D eigenvalue weighted by Gasteiger charge is -2.35. The second-order valence-electron chi connectivity index (χ2n) is 5.53. The molecule has 0 saturated carbocycles. The van der Waals surface area contributed by atoms with E-state index in [4.69, 9.17) is 4.74 Å². The molecule has 4 heteroatoms. The van der Waals surface area contributed by atoms with Gasteiger partial charge in [-0.25, -0.2) is 0 Å². The molecule has 1 aliphatic rings. The van der Waals surface area contributed by atoms with Crippen molar-refractivity contribution in [2.75, 3.05) is 19.7 Å². The number of nitrogens with zero attached hydrogens (tertiary/aromatic N) is 1. The molecule has 4 nitrogen and oxygen atoms in total. The lowest BCUT2D eigenvalue weighted by Crippen LogP contribution is -2.47. The molecule has 0 bridgehead atoms. The van der Waals surface area contributed by atoms with Crippen molar-refractivity contribution in [1.82, 2.24) is 4.90 Å². The van der Waals surface area contributed by atoms with Crippen molar-refractivity contribution in [3.63, 3.8) is 0 Å². The normalized spacial score (nSPS) is 23.4. The minimum atomic E-state index is -0.694. The first-order valence-corrected chi connectivity index (χ1v) is 7.31. The summed E-state index contributed by atoms with van der Waals surface area (Å²) >= 11 is 0. The minimum Gasteiger partial charge on any atom is -0.494 e. The maximum Gasteiger partial charge on any atom is 0.320 e. The number of hydrogen-bond donors (Lipinski definition) is 1. The van der Waals surface area contributed by atoms with E-state index in [1.807, 2.05) is 30.3 Å². The maximum atomic E-state index is 11.3. The van der Waals surface area contributed by atoms with Gasteiger partial charge in [-0.3, -0.25) is 9.69 Å². The Kier molecular flexibility index (Phi) is 5.41. The molecule has 0 spiro atoms. The van der Waals surface area contributed by atoms with Crippen molar-refractivity contribution >= 4 is 5.97 Å². The van der Waals surface area contributed by atoms with Gasteiger partial charge in [0.1, 0.15) is 11.8 Å². The van der Waals surface area contributed by atoms with Gasteiger partial charge in [0, 0.05) is 6.54 Å². The molecule has 110 valence electrons. The van der Waals surface area contributed by atoms with E-state index in [-0.39, 0.29) is 6.04 Å². The Labute approximate surface area is 120 Å². The van der Waals surface area contributed by atoms with Gasteiger partial charge in [0.25, 0.3) is 0 Å². The highest BCUT2D eigenvalue weighted by atomic mass is 16.5. The molecule has 1 N–H and O–H groups in total. The van der Waals surface area contributed by atoms with Gasteiger partial charge >= 0.3 is 5.97 Å². The van der Waals surface area contributed by atoms with Gasteiger partial charge in [-0.15, -0.1) is 0 Å². The Morgan fingerprint density at radius 1 is 1.40 bits per heavy atom. The van der Waals surface area contributed by atoms with Crippen molar-refractivity contribution in [1.29, 1.82) is 0 Å². The monoisotopic (exact) mass is 277 g/mol. The Morgan fingerprint density at radius 3 is 2.85 bits per heavy atom. The van der Waals surface area contributed by atoms with E-state index in [2.05, 4.69) is 11.8 Å². The van der Waals surface area contributed by atoms with Gasteiger partial charge in [0.2, 0.25) is 0 Å². The molecular weight excluding hydrogens is 254 g/mol. The number of carboxylic acid groups (broad SMARTS) is 1. The topological polar surface area (TPSA) is 49.8 Å². The zero-order valence-electron chi connectivity index (χ0n) is 12.0. The molecule has 2 rings (SSSR count). The molecule has 1 aromatic rings. The Hall–Kier alpha value is -1.55. The summed E-state index contributed by atoms with van der Waals surface area (Å²) in [5.74, 6) is 0.683. The number of likely N-dealkylation sites (tertiary alicyclic amines) is 1. The van der Waals surface area contributed by atoms with Crippen LogP contribution in [0.4, 0.5) is 0 Å². The molecule has 2 atom stereocenters. The van der Waals surface area contributed by atoms with Crippen LogP contribution in [0.3, 0.4) is 0 Å². The summed E-state index contributed by atoms with van der Waals surface area (Å²) in [6.45, 7) is 4.42. The third kappa shape index (κ3) is 4.23. The molecule has 0 aliphatic carbocycles. The van der Waals surface area contributed by atoms with Crippen LogP contribution in [-0.2, 0) is 4.79 Å². The highest BCUT2D eigenvalue weighted by Crippen LogP contribution is 2.22. The Bertz CT molecular complexity index is 421. The third-order valence-corrected chi connectivity index (χ3v) is 3.86. The largest absolute Gasteiger partial charge is 0.494 e. The predicted molar refractivity (Wildman–Crippen MR) is 77.9 cm³/mol. The summed E-state index contributed by atoms with van der Waals surface area (Å²) in [5, 5.41) is 9.29. The van der Waals surface area contributed by atoms with Crippen LogP contribution in [0.1, 0.15) is 26.2 Å². The quantitative estimate of drug-likeness (QED) is 0.812. The van der Waals surface area contributed by atoms with Crippen LogP contribution >= 0.6 is 0 Å². The number of para-hydroxylation sites is 1. The zero-order valence-corrected chi connectivity index (χ0v) is 12.0. The molecule has 1 saturated heterocycles. The number of rotatable bonds is 6. The van der Waals surface area contributed by atoms with E-state index < -0.39 is 5.97 Å². The SMILES string of the molecule is CC1CCN(CCCOc2ccccc2)C(C(=O)O)C1. The predicted octanol–water partition coefficient (Wildman–Crippen LogP) is 2.64. The third-order valence-electron chi connectivity index (χ3n) is 3.86. The van der Waals surface area contributed by atoms with Crippen molar-refractivity contribution in [3.05, 3.63) is 30.3 Å². The summed E-state index contributed by atoms with van der Waals surface area (Å²) in [4.78, 5) is 13.4. The van der Waals surface area contributed by atoms with E-state index in [1.54, 1.807) is 0 Å². The fraction of sp³-hybridized carbons (Fsp3) is 0.562. The fourth-order valence-corrected chi connectivity index (χ4v) is 2.69. The number of benzene rings is 1. The molecule has 20 heavy (non-hydrogen) atoms. The lowest BCUT2D eigenvalue weighted by atomic mass is 9.92. The fourth-order valence-electron chi connectivity index (χ4n) is 2.69. The van der Waals surface area contributed by atoms with Gasteiger partial charge in [-0.1, -0.05) is 25.1 Å². The van der Waals surface area contributed by atoms with Crippen LogP contribution in [-0.4, -0.2) is 41.7 Å². The average molecular weight is 277 g/mol. The number of piperidine rings is 1. The van der Waals surface area contributed by atoms with E-state index in [0.717, 1.165) is 38.1 Å². The molecule has 1 fully saturated rings. The summed E-state index contributed by atoms with van der Waals surface area (Å²) in [6, 6.07) is 9.39. The van der Waals surface area contributed by atoms with Gasteiger partial charge in [0.15, 0.2) is 0 Å². The molecule has 1 aliphatic heterocycles. The highest BCUT2D eigenvalue weighted by molar-refractivity contribution is 5.73. The first-order chi connectivity index (χ1) is 9.66. The molecule has 2 unspecified atom stereocenters. The smallest absolute Gasteiger partial charge is 0.320 e. The van der Waals surface area contributed by atoms with E-state index in [0.29, 0.717) is 12.5 Å². The van der Waals surface area contributed by atoms with Crippen molar-refractivity contribution in [3.8, 4) is 5.75 Å². The molecule has 1 aromatic carbocycles. The summed E-state index contributed by atoms with van der Waals surface area (Å²) in [7, 11) is 0. The van der Waals surface area contributed by atoms with E-state index in [1.165, 1.54) is 0 Å². The second kappa shape index (κ2) is 7.29. The van der Waals surface area contributed by atoms with Crippen LogP contribution < -0.4 is 4.74 Å². The Morgan fingerprint density at radius 2 is 2.15 bits per heavy atom. The second-order valence-corrected chi connectivity index (χ2v) is 5.53. The highest BCUT2D eigenvalue weighted by Gasteiger charge is 2.30. The number of hydrogen-bond acceptors (Lipinski definition) is 3. The molecule has 0 radical (unpaired) electrons. The average Bonchev–Trinajstić information content (AvgIpc) is 2.45. The molecule has 0 amide bonds. The minimum absolute atomic E-state index is 0.324. The van der Waals surface area contributed by atoms with E-state index >= 15 is 0 Å². The van der Waals surface area contributed by atoms with Crippen molar-refractivity contribution in [2.24, 2.45) is 5.92 Å². The van der Waals surface area contributed by atoms with Crippen LogP contribution in [0.25, 0.3) is 0 Å². The standard InChI is InChI=1S/C16H23NO3/c1-13-8-10-17(15(12-13)16(18)19)9-5-11-20-14-6-3-2-4-7-14/h2-4,6-7,13,15H,5,8-12H2,1H3,(H,18,19). The van der Waals surface area contributed by atoms with Crippen molar-refractivity contribution in [2.45, 2.75) is 32.2 Å². The maximum absolute atomic E-state index is 11.3. The Balaban J connectivity index is 1.74. The van der Waals surface area contributed by atoms with Crippen LogP contribution in [0.5, 0.6) is 5.75 Å². The molecule has 0 aromatic heterocycles. The van der Waals surface area contributed by atoms with Crippen LogP contribution in [0, 0.1) is 5.92 Å². The van der Waals surface area contributed by atoms with Gasteiger partial charge in [-0.2, -0.15) is 0 Å². The first-order valence-electron chi connectivity index (χ1n) is 7.31. The van der Waals surface area contributed by atoms with Crippen LogP contribution in [0.15, 0.2) is 30.3 Å². The number of aliphatic carboxylic acids is 1. The molecular formula is C16H23NO3. The van der Waals surface area contributed by atoms with Crippen molar-refractivity contribution < 1.29 is 14.6 Å². The van der Waals surface area contributed by atoms with Crippen LogP contribution in [0.2, 0.25) is 0 Å². The number of carbonyl (C=O) groups is 1.